The Labute approximate surface area is 106 Å². The SMILES string of the molecule is CC(C)NC(C)(C(=O)O)c1ccc2c(c1)OCO2. The molecule has 1 aliphatic rings. The van der Waals surface area contributed by atoms with Gasteiger partial charge in [0.25, 0.3) is 0 Å². The number of nitrogens with one attached hydrogen (secondary N) is 1. The topological polar surface area (TPSA) is 67.8 Å². The molecule has 2 N–H and O–H groups in total. The number of benzene rings is 1. The lowest BCUT2D eigenvalue weighted by atomic mass is 9.91. The predicted molar refractivity (Wildman–Crippen MR) is 65.8 cm³/mol. The number of carboxylic acids is 1. The molecule has 1 aromatic carbocycles. The number of hydrogen-bond donors (Lipinski definition) is 2. The van der Waals surface area contributed by atoms with E-state index in [0.29, 0.717) is 17.1 Å². The second-order valence-corrected chi connectivity index (χ2v) is 4.80. The third-order valence-corrected chi connectivity index (χ3v) is 2.96. The molecule has 98 valence electrons. The van der Waals surface area contributed by atoms with Gasteiger partial charge in [0.15, 0.2) is 11.5 Å². The summed E-state index contributed by atoms with van der Waals surface area (Å²) >= 11 is 0. The molecule has 0 radical (unpaired) electrons. The van der Waals surface area contributed by atoms with Gasteiger partial charge in [-0.2, -0.15) is 0 Å². The Kier molecular flexibility index (Phi) is 3.17. The minimum atomic E-state index is -1.14. The summed E-state index contributed by atoms with van der Waals surface area (Å²) in [6, 6.07) is 5.25. The van der Waals surface area contributed by atoms with Crippen molar-refractivity contribution in [1.29, 1.82) is 0 Å². The summed E-state index contributed by atoms with van der Waals surface area (Å²) in [6.45, 7) is 5.65. The van der Waals surface area contributed by atoms with Crippen LogP contribution in [0.4, 0.5) is 0 Å². The summed E-state index contributed by atoms with van der Waals surface area (Å²) in [5.74, 6) is 0.316. The molecule has 0 amide bonds. The van der Waals surface area contributed by atoms with Crippen molar-refractivity contribution in [1.82, 2.24) is 5.32 Å². The molecule has 1 unspecified atom stereocenters. The van der Waals surface area contributed by atoms with E-state index in [-0.39, 0.29) is 12.8 Å². The van der Waals surface area contributed by atoms with Gasteiger partial charge in [0.1, 0.15) is 5.54 Å². The number of ether oxygens (including phenoxy) is 2. The van der Waals surface area contributed by atoms with E-state index in [9.17, 15) is 9.90 Å². The van der Waals surface area contributed by atoms with E-state index >= 15 is 0 Å². The Balaban J connectivity index is 2.40. The molecule has 5 heteroatoms. The van der Waals surface area contributed by atoms with Crippen molar-refractivity contribution in [2.45, 2.75) is 32.4 Å². The van der Waals surface area contributed by atoms with Crippen LogP contribution in [-0.4, -0.2) is 23.9 Å². The Hall–Kier alpha value is -1.75. The monoisotopic (exact) mass is 251 g/mol. The minimum Gasteiger partial charge on any atom is -0.480 e. The van der Waals surface area contributed by atoms with E-state index in [1.165, 1.54) is 0 Å². The molecule has 2 rings (SSSR count). The van der Waals surface area contributed by atoms with Crippen LogP contribution in [0.1, 0.15) is 26.3 Å². The van der Waals surface area contributed by atoms with Gasteiger partial charge in [-0.15, -0.1) is 0 Å². The third kappa shape index (κ3) is 2.13. The summed E-state index contributed by atoms with van der Waals surface area (Å²) in [6.07, 6.45) is 0. The number of hydrogen-bond acceptors (Lipinski definition) is 4. The first kappa shape index (κ1) is 12.7. The first-order chi connectivity index (χ1) is 8.43. The quantitative estimate of drug-likeness (QED) is 0.852. The maximum atomic E-state index is 11.5. The Morgan fingerprint density at radius 1 is 1.39 bits per heavy atom. The van der Waals surface area contributed by atoms with Gasteiger partial charge in [0, 0.05) is 6.04 Å². The lowest BCUT2D eigenvalue weighted by Crippen LogP contribution is -2.49. The van der Waals surface area contributed by atoms with Crippen LogP contribution < -0.4 is 14.8 Å². The molecule has 0 spiro atoms. The molecule has 0 bridgehead atoms. The highest BCUT2D eigenvalue weighted by atomic mass is 16.7. The van der Waals surface area contributed by atoms with Crippen LogP contribution in [0.5, 0.6) is 11.5 Å². The normalized spacial score (nSPS) is 16.7. The van der Waals surface area contributed by atoms with E-state index in [1.807, 2.05) is 13.8 Å². The van der Waals surface area contributed by atoms with Crippen LogP contribution in [0.15, 0.2) is 18.2 Å². The average Bonchev–Trinajstić information content (AvgIpc) is 2.74. The zero-order valence-electron chi connectivity index (χ0n) is 10.7. The summed E-state index contributed by atoms with van der Waals surface area (Å²) < 4.78 is 10.5. The highest BCUT2D eigenvalue weighted by Gasteiger charge is 2.36. The summed E-state index contributed by atoms with van der Waals surface area (Å²) in [5.41, 5.74) is -0.497. The molecule has 1 aliphatic heterocycles. The summed E-state index contributed by atoms with van der Waals surface area (Å²) in [4.78, 5) is 11.5. The lowest BCUT2D eigenvalue weighted by Gasteiger charge is -2.29. The van der Waals surface area contributed by atoms with Crippen molar-refractivity contribution in [3.8, 4) is 11.5 Å². The number of fused-ring (bicyclic) bond motifs is 1. The Morgan fingerprint density at radius 3 is 2.67 bits per heavy atom. The smallest absolute Gasteiger partial charge is 0.328 e. The van der Waals surface area contributed by atoms with E-state index in [2.05, 4.69) is 5.32 Å². The second kappa shape index (κ2) is 4.49. The zero-order chi connectivity index (χ0) is 13.3. The molecule has 18 heavy (non-hydrogen) atoms. The predicted octanol–water partition coefficient (Wildman–Crippen LogP) is 1.71. The highest BCUT2D eigenvalue weighted by Crippen LogP contribution is 2.35. The van der Waals surface area contributed by atoms with Gasteiger partial charge >= 0.3 is 5.97 Å². The van der Waals surface area contributed by atoms with Crippen molar-refractivity contribution in [3.63, 3.8) is 0 Å². The molecule has 1 heterocycles. The molecule has 1 atom stereocenters. The number of rotatable bonds is 4. The molecule has 1 aromatic rings. The molecule has 5 nitrogen and oxygen atoms in total. The van der Waals surface area contributed by atoms with Crippen LogP contribution >= 0.6 is 0 Å². The van der Waals surface area contributed by atoms with Crippen LogP contribution in [0, 0.1) is 0 Å². The summed E-state index contributed by atoms with van der Waals surface area (Å²) in [7, 11) is 0. The number of carboxylic acid groups (broad SMARTS) is 1. The zero-order valence-corrected chi connectivity index (χ0v) is 10.7. The van der Waals surface area contributed by atoms with Crippen molar-refractivity contribution < 1.29 is 19.4 Å². The first-order valence-corrected chi connectivity index (χ1v) is 5.84. The maximum Gasteiger partial charge on any atom is 0.328 e. The van der Waals surface area contributed by atoms with E-state index < -0.39 is 11.5 Å². The fourth-order valence-corrected chi connectivity index (χ4v) is 2.05. The van der Waals surface area contributed by atoms with Crippen LogP contribution in [-0.2, 0) is 10.3 Å². The van der Waals surface area contributed by atoms with Crippen LogP contribution in [0.2, 0.25) is 0 Å². The second-order valence-electron chi connectivity index (χ2n) is 4.80. The molecular formula is C13H17NO4. The first-order valence-electron chi connectivity index (χ1n) is 5.84. The van der Waals surface area contributed by atoms with Gasteiger partial charge in [-0.3, -0.25) is 5.32 Å². The Morgan fingerprint density at radius 2 is 2.06 bits per heavy atom. The highest BCUT2D eigenvalue weighted by molar-refractivity contribution is 5.80. The van der Waals surface area contributed by atoms with Crippen molar-refractivity contribution in [3.05, 3.63) is 23.8 Å². The maximum absolute atomic E-state index is 11.5. The third-order valence-electron chi connectivity index (χ3n) is 2.96. The van der Waals surface area contributed by atoms with Crippen LogP contribution in [0.3, 0.4) is 0 Å². The van der Waals surface area contributed by atoms with Gasteiger partial charge in [0.05, 0.1) is 0 Å². The van der Waals surface area contributed by atoms with E-state index in [1.54, 1.807) is 25.1 Å². The average molecular weight is 251 g/mol. The van der Waals surface area contributed by atoms with E-state index in [0.717, 1.165) is 0 Å². The molecule has 0 aliphatic carbocycles. The molecule has 0 aromatic heterocycles. The number of carbonyl (C=O) groups is 1. The molecule has 0 saturated heterocycles. The van der Waals surface area contributed by atoms with Gasteiger partial charge in [-0.05, 0) is 38.5 Å². The Bertz CT molecular complexity index is 472. The molecular weight excluding hydrogens is 234 g/mol. The van der Waals surface area contributed by atoms with Crippen molar-refractivity contribution in [2.75, 3.05) is 6.79 Å². The van der Waals surface area contributed by atoms with Gasteiger partial charge < -0.3 is 14.6 Å². The fourth-order valence-electron chi connectivity index (χ4n) is 2.05. The van der Waals surface area contributed by atoms with Gasteiger partial charge in [0.2, 0.25) is 6.79 Å². The molecule has 0 saturated carbocycles. The minimum absolute atomic E-state index is 0.0523. The van der Waals surface area contributed by atoms with Gasteiger partial charge in [-0.25, -0.2) is 4.79 Å². The number of aliphatic carboxylic acids is 1. The van der Waals surface area contributed by atoms with Gasteiger partial charge in [-0.1, -0.05) is 6.07 Å². The standard InChI is InChI=1S/C13H17NO4/c1-8(2)14-13(3,12(15)16)9-4-5-10-11(6-9)18-7-17-10/h4-6,8,14H,7H2,1-3H3,(H,15,16). The summed E-state index contributed by atoms with van der Waals surface area (Å²) in [5, 5.41) is 12.5. The van der Waals surface area contributed by atoms with E-state index in [4.69, 9.17) is 9.47 Å². The van der Waals surface area contributed by atoms with Crippen LogP contribution in [0.25, 0.3) is 0 Å². The fraction of sp³-hybridized carbons (Fsp3) is 0.462. The lowest BCUT2D eigenvalue weighted by molar-refractivity contribution is -0.144. The largest absolute Gasteiger partial charge is 0.480 e. The molecule has 0 fully saturated rings. The van der Waals surface area contributed by atoms with Crippen molar-refractivity contribution >= 4 is 5.97 Å². The van der Waals surface area contributed by atoms with Crippen molar-refractivity contribution in [2.24, 2.45) is 0 Å².